The predicted molar refractivity (Wildman–Crippen MR) is 48.5 cm³/mol. The quantitative estimate of drug-likeness (QED) is 0.283. The minimum Gasteiger partial charge on any atom is 0.316 e. The van der Waals surface area contributed by atoms with Crippen LogP contribution in [0.4, 0.5) is 0 Å². The van der Waals surface area contributed by atoms with Crippen LogP contribution in [0, 0.1) is 0 Å². The summed E-state index contributed by atoms with van der Waals surface area (Å²) in [5.74, 6) is 0. The smallest absolute Gasteiger partial charge is 0.316 e. The first-order valence-corrected chi connectivity index (χ1v) is 2.35. The summed E-state index contributed by atoms with van der Waals surface area (Å²) in [6.07, 6.45) is 0. The molecule has 0 aliphatic heterocycles. The molecule has 0 amide bonds. The Kier molecular flexibility index (Phi) is 68.6. The normalized spacial score (nSPS) is 5.90. The molecule has 0 fully saturated rings. The molecular formula is H14AlCaMgO6P. The summed E-state index contributed by atoms with van der Waals surface area (Å²) in [4.78, 5) is 21.6. The molecule has 0 aromatic rings. The van der Waals surface area contributed by atoms with Crippen LogP contribution >= 0.6 is 7.82 Å². The Morgan fingerprint density at radius 1 is 1.00 bits per heavy atom. The molecule has 0 rings (SSSR count). The SMILES string of the molecule is O.O.O=P(O)(O)O.[AlH3].[CaH2].[MgH2]. The maximum atomic E-state index is 8.88. The molecule has 7 N–H and O–H groups in total. The monoisotopic (exact) mass is 232 g/mol. The van der Waals surface area contributed by atoms with Crippen LogP contribution in [0.15, 0.2) is 0 Å². The molecule has 62 valence electrons. The fraction of sp³-hybridized carbons (Fsp3) is 0. The van der Waals surface area contributed by atoms with Gasteiger partial charge >= 0.3 is 68.6 Å². The third kappa shape index (κ3) is 145. The van der Waals surface area contributed by atoms with Crippen LogP contribution in [0.5, 0.6) is 0 Å². The predicted octanol–water partition coefficient (Wildman–Crippen LogP) is -5.59. The summed E-state index contributed by atoms with van der Waals surface area (Å²) < 4.78 is 8.88. The van der Waals surface area contributed by atoms with Crippen molar-refractivity contribution in [2.24, 2.45) is 0 Å². The fourth-order valence-electron chi connectivity index (χ4n) is 0. The maximum Gasteiger partial charge on any atom is 0.316 e. The molecule has 0 radical (unpaired) electrons. The van der Waals surface area contributed by atoms with Gasteiger partial charge in [0.2, 0.25) is 0 Å². The Balaban J connectivity index is -0.00000000800. The summed E-state index contributed by atoms with van der Waals surface area (Å²) >= 11 is 0. The number of hydrogen-bond acceptors (Lipinski definition) is 1. The molecule has 0 saturated carbocycles. The average Bonchev–Trinajstić information content (AvgIpc) is 0.722. The zero-order chi connectivity index (χ0) is 4.50. The Labute approximate surface area is 115 Å². The molecular weight excluding hydrogens is 218 g/mol. The third-order valence-corrected chi connectivity index (χ3v) is 0. The Morgan fingerprint density at radius 3 is 1.00 bits per heavy atom. The van der Waals surface area contributed by atoms with Crippen LogP contribution in [-0.2, 0) is 4.57 Å². The molecule has 0 unspecified atom stereocenters. The minimum atomic E-state index is -4.64. The molecule has 0 spiro atoms. The third-order valence-electron chi connectivity index (χ3n) is 0. The Hall–Kier alpha value is 2.59. The molecule has 6 nitrogen and oxygen atoms in total. The zero-order valence-electron chi connectivity index (χ0n) is 3.20. The van der Waals surface area contributed by atoms with Crippen LogP contribution in [-0.4, -0.2) is 104 Å². The van der Waals surface area contributed by atoms with E-state index in [-0.39, 0.29) is 89.1 Å². The van der Waals surface area contributed by atoms with Crippen molar-refractivity contribution in [3.63, 3.8) is 0 Å². The van der Waals surface area contributed by atoms with Crippen LogP contribution in [0.25, 0.3) is 0 Å². The standard InChI is InChI=1S/Al.Ca.Mg.H3O4P.2H2O.7H/c;;;1-5(2,3)4;;;;;;;;;/h;;;(H3,1,2,3,4);2*1H2;;;;;;;. The molecule has 0 heterocycles. The van der Waals surface area contributed by atoms with Gasteiger partial charge in [0, 0.05) is 0 Å². The molecule has 10 heavy (non-hydrogen) atoms. The van der Waals surface area contributed by atoms with Gasteiger partial charge in [0.1, 0.15) is 0 Å². The van der Waals surface area contributed by atoms with Gasteiger partial charge < -0.3 is 25.6 Å². The van der Waals surface area contributed by atoms with E-state index in [1.54, 1.807) is 0 Å². The fourth-order valence-corrected chi connectivity index (χ4v) is 0. The number of hydrogen-bond donors (Lipinski definition) is 3. The van der Waals surface area contributed by atoms with Crippen LogP contribution in [0.3, 0.4) is 0 Å². The molecule has 0 atom stereocenters. The maximum absolute atomic E-state index is 8.88. The topological polar surface area (TPSA) is 141 Å². The van der Waals surface area contributed by atoms with Gasteiger partial charge in [0.15, 0.2) is 17.4 Å². The largest absolute Gasteiger partial charge is 0.316 e. The molecule has 0 aromatic carbocycles. The van der Waals surface area contributed by atoms with Crippen molar-refractivity contribution in [1.82, 2.24) is 0 Å². The molecule has 10 heteroatoms. The van der Waals surface area contributed by atoms with Crippen LogP contribution < -0.4 is 0 Å². The second-order valence-electron chi connectivity index (χ2n) is 0.513. The summed E-state index contributed by atoms with van der Waals surface area (Å²) in [7, 11) is -4.64. The average molecular weight is 232 g/mol. The van der Waals surface area contributed by atoms with E-state index in [9.17, 15) is 0 Å². The molecule has 0 saturated heterocycles. The van der Waals surface area contributed by atoms with E-state index in [0.29, 0.717) is 0 Å². The van der Waals surface area contributed by atoms with Crippen molar-refractivity contribution in [3.05, 3.63) is 0 Å². The van der Waals surface area contributed by atoms with Crippen molar-refractivity contribution >= 4 is 86.0 Å². The first-order chi connectivity index (χ1) is 2.00. The van der Waals surface area contributed by atoms with Gasteiger partial charge in [0.25, 0.3) is 0 Å². The molecule has 0 aliphatic carbocycles. The van der Waals surface area contributed by atoms with E-state index in [0.717, 1.165) is 0 Å². The van der Waals surface area contributed by atoms with Gasteiger partial charge in [-0.3, -0.25) is 0 Å². The van der Waals surface area contributed by atoms with Gasteiger partial charge in [-0.25, -0.2) is 4.57 Å². The van der Waals surface area contributed by atoms with Crippen LogP contribution in [0.1, 0.15) is 0 Å². The van der Waals surface area contributed by atoms with E-state index in [1.165, 1.54) is 0 Å². The molecule has 0 aromatic heterocycles. The summed E-state index contributed by atoms with van der Waals surface area (Å²) in [5, 5.41) is 0. The van der Waals surface area contributed by atoms with Gasteiger partial charge in [-0.1, -0.05) is 0 Å². The van der Waals surface area contributed by atoms with E-state index >= 15 is 0 Å². The van der Waals surface area contributed by atoms with Crippen LogP contribution in [0.2, 0.25) is 0 Å². The molecule has 0 bridgehead atoms. The van der Waals surface area contributed by atoms with Crippen molar-refractivity contribution in [2.75, 3.05) is 0 Å². The second-order valence-corrected chi connectivity index (χ2v) is 1.54. The first-order valence-electron chi connectivity index (χ1n) is 0.783. The second kappa shape index (κ2) is 17.6. The summed E-state index contributed by atoms with van der Waals surface area (Å²) in [6.45, 7) is 0. The molecule has 0 aliphatic rings. The first kappa shape index (κ1) is 38.9. The van der Waals surface area contributed by atoms with Gasteiger partial charge in [-0.05, 0) is 0 Å². The number of phosphoric acid groups is 1. The van der Waals surface area contributed by atoms with E-state index in [4.69, 9.17) is 19.2 Å². The zero-order valence-corrected chi connectivity index (χ0v) is 4.09. The van der Waals surface area contributed by atoms with E-state index in [2.05, 4.69) is 0 Å². The Bertz CT molecular complexity index is 63.9. The Morgan fingerprint density at radius 2 is 1.00 bits per heavy atom. The van der Waals surface area contributed by atoms with Crippen molar-refractivity contribution in [1.29, 1.82) is 0 Å². The number of rotatable bonds is 0. The van der Waals surface area contributed by atoms with E-state index in [1.807, 2.05) is 0 Å². The van der Waals surface area contributed by atoms with Gasteiger partial charge in [0.05, 0.1) is 0 Å². The van der Waals surface area contributed by atoms with Gasteiger partial charge in [-0.2, -0.15) is 0 Å². The summed E-state index contributed by atoms with van der Waals surface area (Å²) in [6, 6.07) is 0. The van der Waals surface area contributed by atoms with Crippen molar-refractivity contribution in [3.8, 4) is 0 Å². The van der Waals surface area contributed by atoms with Crippen molar-refractivity contribution < 1.29 is 30.2 Å². The van der Waals surface area contributed by atoms with E-state index < -0.39 is 7.82 Å². The van der Waals surface area contributed by atoms with Crippen molar-refractivity contribution in [2.45, 2.75) is 0 Å². The minimum absolute atomic E-state index is 0. The van der Waals surface area contributed by atoms with Gasteiger partial charge in [-0.15, -0.1) is 0 Å². The summed E-state index contributed by atoms with van der Waals surface area (Å²) in [5.41, 5.74) is 0.